The molecule has 1 saturated heterocycles. The van der Waals surface area contributed by atoms with Crippen LogP contribution < -0.4 is 5.32 Å². The summed E-state index contributed by atoms with van der Waals surface area (Å²) < 4.78 is 5.15. The van der Waals surface area contributed by atoms with Crippen LogP contribution in [0.5, 0.6) is 0 Å². The van der Waals surface area contributed by atoms with Crippen LogP contribution in [0.15, 0.2) is 30.3 Å². The number of pyridine rings is 1. The topological polar surface area (TPSA) is 67.0 Å². The van der Waals surface area contributed by atoms with Gasteiger partial charge in [0.25, 0.3) is 5.91 Å². The van der Waals surface area contributed by atoms with Crippen LogP contribution in [0.2, 0.25) is 0 Å². The number of aromatic nitrogens is 2. The van der Waals surface area contributed by atoms with E-state index >= 15 is 0 Å². The average Bonchev–Trinajstić information content (AvgIpc) is 2.88. The van der Waals surface area contributed by atoms with Crippen LogP contribution in [0.25, 0.3) is 17.1 Å². The molecule has 80 valence electrons. The molecule has 5 heteroatoms. The summed E-state index contributed by atoms with van der Waals surface area (Å²) in [5, 5.41) is 3.55. The van der Waals surface area contributed by atoms with Crippen molar-refractivity contribution >= 4 is 23.0 Å². The molecule has 0 saturated carbocycles. The number of hydrogen-bond acceptors (Lipinski definition) is 3. The highest BCUT2D eigenvalue weighted by molar-refractivity contribution is 5.99. The Balaban J connectivity index is 2.10. The van der Waals surface area contributed by atoms with E-state index < -0.39 is 0 Å². The zero-order chi connectivity index (χ0) is 11.0. The first-order valence-electron chi connectivity index (χ1n) is 4.89. The van der Waals surface area contributed by atoms with E-state index in [1.54, 1.807) is 18.5 Å². The van der Waals surface area contributed by atoms with E-state index in [1.807, 2.05) is 12.1 Å². The predicted octanol–water partition coefficient (Wildman–Crippen LogP) is 1.01. The standard InChI is InChI=1S/C11H9N3O2/c15-11-9(16-6-14-11)4-7-5-13-10-8(7)2-1-3-12-10/h1-5H,6H2,(H,12,13)(H,14,15)/b9-4-. The number of amides is 1. The number of nitrogens with zero attached hydrogens (tertiary/aromatic N) is 1. The normalized spacial score (nSPS) is 17.8. The maximum atomic E-state index is 11.3. The zero-order valence-corrected chi connectivity index (χ0v) is 8.36. The van der Waals surface area contributed by atoms with Crippen LogP contribution in [-0.4, -0.2) is 22.6 Å². The van der Waals surface area contributed by atoms with E-state index in [2.05, 4.69) is 15.3 Å². The Morgan fingerprint density at radius 3 is 3.25 bits per heavy atom. The predicted molar refractivity (Wildman–Crippen MR) is 58.2 cm³/mol. The van der Waals surface area contributed by atoms with Gasteiger partial charge in [-0.3, -0.25) is 4.79 Å². The van der Waals surface area contributed by atoms with Crippen molar-refractivity contribution in [1.29, 1.82) is 0 Å². The number of H-pyrrole nitrogens is 1. The Morgan fingerprint density at radius 1 is 1.50 bits per heavy atom. The Hall–Kier alpha value is -2.30. The molecular weight excluding hydrogens is 206 g/mol. The minimum atomic E-state index is -0.182. The van der Waals surface area contributed by atoms with E-state index in [-0.39, 0.29) is 12.6 Å². The van der Waals surface area contributed by atoms with E-state index in [0.29, 0.717) is 5.76 Å². The molecule has 0 aromatic carbocycles. The lowest BCUT2D eigenvalue weighted by molar-refractivity contribution is -0.116. The van der Waals surface area contributed by atoms with Gasteiger partial charge in [0.2, 0.25) is 0 Å². The number of carbonyl (C=O) groups excluding carboxylic acids is 1. The van der Waals surface area contributed by atoms with Gasteiger partial charge < -0.3 is 15.0 Å². The molecule has 0 aliphatic carbocycles. The van der Waals surface area contributed by atoms with Crippen molar-refractivity contribution in [2.24, 2.45) is 0 Å². The van der Waals surface area contributed by atoms with Crippen molar-refractivity contribution in [2.75, 3.05) is 6.73 Å². The summed E-state index contributed by atoms with van der Waals surface area (Å²) in [6.45, 7) is 0.241. The Bertz CT molecular complexity index is 586. The van der Waals surface area contributed by atoms with Gasteiger partial charge in [-0.2, -0.15) is 0 Å². The second-order valence-electron chi connectivity index (χ2n) is 3.45. The quantitative estimate of drug-likeness (QED) is 0.697. The molecule has 1 aliphatic rings. The molecule has 0 atom stereocenters. The Labute approximate surface area is 91.1 Å². The minimum Gasteiger partial charge on any atom is -0.467 e. The lowest BCUT2D eigenvalue weighted by Crippen LogP contribution is -2.13. The Morgan fingerprint density at radius 2 is 2.44 bits per heavy atom. The second kappa shape index (κ2) is 3.37. The summed E-state index contributed by atoms with van der Waals surface area (Å²) in [6, 6.07) is 3.80. The highest BCUT2D eigenvalue weighted by Gasteiger charge is 2.18. The minimum absolute atomic E-state index is 0.182. The number of carbonyl (C=O) groups is 1. The molecule has 2 aromatic heterocycles. The molecular formula is C11H9N3O2. The van der Waals surface area contributed by atoms with Crippen molar-refractivity contribution in [3.8, 4) is 0 Å². The molecule has 3 heterocycles. The third-order valence-corrected chi connectivity index (χ3v) is 2.45. The van der Waals surface area contributed by atoms with Gasteiger partial charge in [-0.1, -0.05) is 0 Å². The zero-order valence-electron chi connectivity index (χ0n) is 8.36. The van der Waals surface area contributed by atoms with Gasteiger partial charge >= 0.3 is 0 Å². The van der Waals surface area contributed by atoms with Crippen molar-refractivity contribution in [3.63, 3.8) is 0 Å². The highest BCUT2D eigenvalue weighted by atomic mass is 16.5. The van der Waals surface area contributed by atoms with Crippen LogP contribution in [-0.2, 0) is 9.53 Å². The maximum absolute atomic E-state index is 11.3. The Kier molecular flexibility index (Phi) is 1.89. The molecule has 2 N–H and O–H groups in total. The summed E-state index contributed by atoms with van der Waals surface area (Å²) >= 11 is 0. The molecule has 1 amide bonds. The van der Waals surface area contributed by atoms with Gasteiger partial charge in [0, 0.05) is 23.3 Å². The number of ether oxygens (including phenoxy) is 1. The fourth-order valence-corrected chi connectivity index (χ4v) is 1.68. The average molecular weight is 215 g/mol. The molecule has 0 unspecified atom stereocenters. The number of nitrogens with one attached hydrogen (secondary N) is 2. The van der Waals surface area contributed by atoms with E-state index in [1.165, 1.54) is 0 Å². The molecule has 0 bridgehead atoms. The molecule has 0 radical (unpaired) electrons. The molecule has 2 aromatic rings. The number of aromatic amines is 1. The van der Waals surface area contributed by atoms with E-state index in [0.717, 1.165) is 16.6 Å². The fourth-order valence-electron chi connectivity index (χ4n) is 1.68. The second-order valence-corrected chi connectivity index (χ2v) is 3.45. The fraction of sp³-hybridized carbons (Fsp3) is 0.0909. The van der Waals surface area contributed by atoms with Crippen molar-refractivity contribution in [3.05, 3.63) is 35.8 Å². The van der Waals surface area contributed by atoms with Gasteiger partial charge in [0.1, 0.15) is 5.65 Å². The smallest absolute Gasteiger partial charge is 0.289 e. The van der Waals surface area contributed by atoms with Crippen LogP contribution in [0.3, 0.4) is 0 Å². The first-order valence-corrected chi connectivity index (χ1v) is 4.89. The highest BCUT2D eigenvalue weighted by Crippen LogP contribution is 2.19. The maximum Gasteiger partial charge on any atom is 0.289 e. The summed E-state index contributed by atoms with van der Waals surface area (Å²) in [5.74, 6) is 0.156. The van der Waals surface area contributed by atoms with Gasteiger partial charge in [0.15, 0.2) is 12.5 Å². The first kappa shape index (κ1) is 8.96. The van der Waals surface area contributed by atoms with Gasteiger partial charge in [-0.25, -0.2) is 4.98 Å². The lowest BCUT2D eigenvalue weighted by Gasteiger charge is -1.93. The van der Waals surface area contributed by atoms with Gasteiger partial charge in [-0.15, -0.1) is 0 Å². The molecule has 1 aliphatic heterocycles. The van der Waals surface area contributed by atoms with Crippen LogP contribution >= 0.6 is 0 Å². The SMILES string of the molecule is O=C1NCO/C1=C\c1c[nH]c2ncccc12. The summed E-state index contributed by atoms with van der Waals surface area (Å²) in [4.78, 5) is 18.5. The third kappa shape index (κ3) is 1.33. The number of rotatable bonds is 1. The van der Waals surface area contributed by atoms with Gasteiger partial charge in [0.05, 0.1) is 0 Å². The van der Waals surface area contributed by atoms with E-state index in [9.17, 15) is 4.79 Å². The summed E-state index contributed by atoms with van der Waals surface area (Å²) in [7, 11) is 0. The lowest BCUT2D eigenvalue weighted by atomic mass is 10.2. The molecule has 1 fully saturated rings. The number of fused-ring (bicyclic) bond motifs is 1. The van der Waals surface area contributed by atoms with Crippen molar-refractivity contribution in [1.82, 2.24) is 15.3 Å². The summed E-state index contributed by atoms with van der Waals surface area (Å²) in [6.07, 6.45) is 5.23. The largest absolute Gasteiger partial charge is 0.467 e. The van der Waals surface area contributed by atoms with Gasteiger partial charge in [-0.05, 0) is 18.2 Å². The first-order chi connectivity index (χ1) is 7.84. The molecule has 5 nitrogen and oxygen atoms in total. The van der Waals surface area contributed by atoms with E-state index in [4.69, 9.17) is 4.74 Å². The monoisotopic (exact) mass is 215 g/mol. The van der Waals surface area contributed by atoms with Crippen molar-refractivity contribution < 1.29 is 9.53 Å². The molecule has 0 spiro atoms. The third-order valence-electron chi connectivity index (χ3n) is 2.45. The van der Waals surface area contributed by atoms with Crippen molar-refractivity contribution in [2.45, 2.75) is 0 Å². The summed E-state index contributed by atoms with van der Waals surface area (Å²) in [5.41, 5.74) is 1.70. The molecule has 16 heavy (non-hydrogen) atoms. The number of hydrogen-bond donors (Lipinski definition) is 2. The van der Waals surface area contributed by atoms with Crippen LogP contribution in [0.4, 0.5) is 0 Å². The van der Waals surface area contributed by atoms with Crippen LogP contribution in [0.1, 0.15) is 5.56 Å². The molecule has 3 rings (SSSR count). The van der Waals surface area contributed by atoms with Crippen LogP contribution in [0, 0.1) is 0 Å².